The predicted molar refractivity (Wildman–Crippen MR) is 174 cm³/mol. The monoisotopic (exact) mass is 705 g/mol. The number of aromatic nitrogens is 1. The van der Waals surface area contributed by atoms with E-state index in [2.05, 4.69) is 78.4 Å². The Balaban J connectivity index is 1.41. The van der Waals surface area contributed by atoms with Gasteiger partial charge in [-0.05, 0) is 58.2 Å². The van der Waals surface area contributed by atoms with Gasteiger partial charge in [-0.3, -0.25) is 14.4 Å². The molecule has 0 bridgehead atoms. The Morgan fingerprint density at radius 1 is 0.860 bits per heavy atom. The zero-order valence-corrected chi connectivity index (χ0v) is 28.1. The summed E-state index contributed by atoms with van der Waals surface area (Å²) in [5.74, 6) is -1.61. The van der Waals surface area contributed by atoms with E-state index in [4.69, 9.17) is 4.74 Å². The van der Waals surface area contributed by atoms with Crippen molar-refractivity contribution in [3.05, 3.63) is 97.1 Å². The molecular formula is C35H33Br2NO5. The van der Waals surface area contributed by atoms with E-state index >= 15 is 0 Å². The number of ketones is 2. The fourth-order valence-electron chi connectivity index (χ4n) is 5.49. The predicted octanol–water partition coefficient (Wildman–Crippen LogP) is 8.76. The molecule has 1 aliphatic carbocycles. The van der Waals surface area contributed by atoms with Crippen molar-refractivity contribution in [3.63, 3.8) is 0 Å². The number of pyridine rings is 1. The minimum atomic E-state index is -1.08. The molecular weight excluding hydrogens is 674 g/mol. The number of aryl methyl sites for hydroxylation is 1. The number of rotatable bonds is 5. The smallest absolute Gasteiger partial charge is 0.311 e. The van der Waals surface area contributed by atoms with Crippen LogP contribution in [0.25, 0.3) is 10.9 Å². The summed E-state index contributed by atoms with van der Waals surface area (Å²) in [6.07, 6.45) is 0.548. The largest absolute Gasteiger partial charge is 0.507 e. The van der Waals surface area contributed by atoms with Crippen LogP contribution < -0.4 is 4.74 Å². The van der Waals surface area contributed by atoms with E-state index in [0.717, 1.165) is 22.1 Å². The van der Waals surface area contributed by atoms with E-state index in [1.54, 1.807) is 36.4 Å². The summed E-state index contributed by atoms with van der Waals surface area (Å²) < 4.78 is 6.91. The molecule has 1 aliphatic rings. The van der Waals surface area contributed by atoms with Gasteiger partial charge >= 0.3 is 5.97 Å². The van der Waals surface area contributed by atoms with Crippen LogP contribution >= 0.6 is 31.9 Å². The van der Waals surface area contributed by atoms with E-state index in [1.807, 2.05) is 18.2 Å². The van der Waals surface area contributed by atoms with Gasteiger partial charge in [0, 0.05) is 31.9 Å². The molecule has 43 heavy (non-hydrogen) atoms. The maximum atomic E-state index is 13.4. The van der Waals surface area contributed by atoms with Crippen molar-refractivity contribution < 1.29 is 24.2 Å². The third kappa shape index (κ3) is 5.92. The number of phenolic OH excluding ortho intramolecular Hbond substituents is 1. The Bertz CT molecular complexity index is 1740. The lowest BCUT2D eigenvalue weighted by Gasteiger charge is -2.28. The minimum absolute atomic E-state index is 0.116. The summed E-state index contributed by atoms with van der Waals surface area (Å²) >= 11 is 6.81. The van der Waals surface area contributed by atoms with Crippen molar-refractivity contribution >= 4 is 60.3 Å². The molecule has 1 aromatic heterocycles. The number of halogens is 2. The van der Waals surface area contributed by atoms with Gasteiger partial charge in [-0.2, -0.15) is 0 Å². The van der Waals surface area contributed by atoms with E-state index in [0.29, 0.717) is 43.5 Å². The fraction of sp³-hybridized carbons (Fsp3) is 0.314. The van der Waals surface area contributed by atoms with Gasteiger partial charge in [-0.15, -0.1) is 0 Å². The highest BCUT2D eigenvalue weighted by Gasteiger charge is 2.43. The Hall–Kier alpha value is -3.36. The quantitative estimate of drug-likeness (QED) is 0.127. The molecule has 0 atom stereocenters. The molecule has 0 spiro atoms. The number of carbonyl (C=O) groups excluding carboxylic acids is 3. The van der Waals surface area contributed by atoms with E-state index in [1.165, 1.54) is 0 Å². The first-order chi connectivity index (χ1) is 20.1. The van der Waals surface area contributed by atoms with Crippen LogP contribution in [0.4, 0.5) is 0 Å². The second-order valence-corrected chi connectivity index (χ2v) is 14.7. The molecule has 4 aromatic rings. The standard InChI is InChI=1S/C35H33Br2NO5/c1-34(2,3)20-16-18(17-21(31(20)40)35(4,5)6)10-15-26(39)43-25-9-7-8-19-11-14-24(38-30(19)25)29-32(41)27-22(36)12-13-23(37)28(27)33(29)42/h7-9,11-14,16-17,29,40H,10,15H2,1-6H3. The SMILES string of the molecule is CC(C)(C)c1cc(CCC(=O)Oc2cccc3ccc(C4C(=O)c5c(Br)ccc(Br)c5C4=O)nc23)cc(C(C)(C)C)c1O. The van der Waals surface area contributed by atoms with E-state index in [-0.39, 0.29) is 34.6 Å². The highest BCUT2D eigenvalue weighted by molar-refractivity contribution is 9.11. The molecule has 0 saturated carbocycles. The van der Waals surface area contributed by atoms with Crippen LogP contribution in [-0.4, -0.2) is 27.6 Å². The fourth-order valence-corrected chi connectivity index (χ4v) is 6.54. The summed E-state index contributed by atoms with van der Waals surface area (Å²) in [6.45, 7) is 12.3. The zero-order chi connectivity index (χ0) is 31.4. The molecule has 0 fully saturated rings. The Labute approximate surface area is 268 Å². The van der Waals surface area contributed by atoms with E-state index < -0.39 is 11.9 Å². The number of carbonyl (C=O) groups is 3. The number of para-hydroxylation sites is 1. The summed E-state index contributed by atoms with van der Waals surface area (Å²) in [5, 5.41) is 11.7. The lowest BCUT2D eigenvalue weighted by atomic mass is 9.78. The molecule has 6 nitrogen and oxygen atoms in total. The Kier molecular flexibility index (Phi) is 8.16. The molecule has 0 unspecified atom stereocenters. The summed E-state index contributed by atoms with van der Waals surface area (Å²) in [6, 6.07) is 16.1. The first-order valence-electron chi connectivity index (χ1n) is 14.1. The summed E-state index contributed by atoms with van der Waals surface area (Å²) in [5.41, 5.74) is 3.45. The maximum absolute atomic E-state index is 13.4. The van der Waals surface area contributed by atoms with Crippen molar-refractivity contribution in [2.75, 3.05) is 0 Å². The van der Waals surface area contributed by atoms with Crippen LogP contribution in [0.5, 0.6) is 11.5 Å². The molecule has 0 radical (unpaired) electrons. The zero-order valence-electron chi connectivity index (χ0n) is 25.0. The van der Waals surface area contributed by atoms with Crippen molar-refractivity contribution in [1.29, 1.82) is 0 Å². The summed E-state index contributed by atoms with van der Waals surface area (Å²) in [4.78, 5) is 44.6. The third-order valence-electron chi connectivity index (χ3n) is 7.75. The van der Waals surface area contributed by atoms with Crippen LogP contribution in [0, 0.1) is 0 Å². The minimum Gasteiger partial charge on any atom is -0.507 e. The molecule has 0 saturated heterocycles. The second-order valence-electron chi connectivity index (χ2n) is 13.0. The van der Waals surface area contributed by atoms with Gasteiger partial charge in [0.1, 0.15) is 17.2 Å². The Morgan fingerprint density at radius 3 is 1.95 bits per heavy atom. The van der Waals surface area contributed by atoms with Crippen molar-refractivity contribution in [2.24, 2.45) is 0 Å². The summed E-state index contributed by atoms with van der Waals surface area (Å²) in [7, 11) is 0. The first-order valence-corrected chi connectivity index (χ1v) is 15.7. The van der Waals surface area contributed by atoms with E-state index in [9.17, 15) is 19.5 Å². The maximum Gasteiger partial charge on any atom is 0.311 e. The molecule has 5 rings (SSSR count). The normalized spacial score (nSPS) is 14.0. The van der Waals surface area contributed by atoms with Crippen LogP contribution in [0.1, 0.15) is 97.0 Å². The van der Waals surface area contributed by atoms with Crippen molar-refractivity contribution in [1.82, 2.24) is 4.98 Å². The number of benzene rings is 3. The number of hydrogen-bond donors (Lipinski definition) is 1. The number of ether oxygens (including phenoxy) is 1. The van der Waals surface area contributed by atoms with Crippen LogP contribution in [-0.2, 0) is 22.0 Å². The molecule has 8 heteroatoms. The topological polar surface area (TPSA) is 93.6 Å². The van der Waals surface area contributed by atoms with Gasteiger partial charge in [0.05, 0.1) is 5.69 Å². The van der Waals surface area contributed by atoms with Crippen molar-refractivity contribution in [2.45, 2.75) is 71.1 Å². The number of aromatic hydroxyl groups is 1. The van der Waals surface area contributed by atoms with Gasteiger partial charge in [0.15, 0.2) is 17.3 Å². The van der Waals surface area contributed by atoms with Gasteiger partial charge in [0.25, 0.3) is 0 Å². The van der Waals surface area contributed by atoms with Gasteiger partial charge in [-0.1, -0.05) is 104 Å². The number of nitrogens with zero attached hydrogens (tertiary/aromatic N) is 1. The first kappa shape index (κ1) is 31.1. The lowest BCUT2D eigenvalue weighted by molar-refractivity contribution is -0.134. The van der Waals surface area contributed by atoms with Gasteiger partial charge in [0.2, 0.25) is 0 Å². The number of phenols is 1. The molecule has 0 aliphatic heterocycles. The molecule has 3 aromatic carbocycles. The number of fused-ring (bicyclic) bond motifs is 2. The molecule has 1 heterocycles. The Morgan fingerprint density at radius 2 is 1.42 bits per heavy atom. The average Bonchev–Trinajstić information content (AvgIpc) is 3.19. The van der Waals surface area contributed by atoms with Gasteiger partial charge < -0.3 is 9.84 Å². The average molecular weight is 707 g/mol. The van der Waals surface area contributed by atoms with Crippen LogP contribution in [0.15, 0.2) is 63.5 Å². The number of Topliss-reactive ketones (excluding diaryl/α,β-unsaturated/α-hetero) is 2. The van der Waals surface area contributed by atoms with Crippen LogP contribution in [0.3, 0.4) is 0 Å². The highest BCUT2D eigenvalue weighted by Crippen LogP contribution is 2.42. The number of esters is 1. The highest BCUT2D eigenvalue weighted by atomic mass is 79.9. The number of hydrogen-bond acceptors (Lipinski definition) is 6. The van der Waals surface area contributed by atoms with Crippen molar-refractivity contribution in [3.8, 4) is 11.5 Å². The second kappa shape index (κ2) is 11.3. The van der Waals surface area contributed by atoms with Gasteiger partial charge in [-0.25, -0.2) is 4.98 Å². The molecule has 222 valence electrons. The lowest BCUT2D eigenvalue weighted by Crippen LogP contribution is -2.18. The molecule has 1 N–H and O–H groups in total. The third-order valence-corrected chi connectivity index (χ3v) is 9.07. The van der Waals surface area contributed by atoms with Crippen LogP contribution in [0.2, 0.25) is 0 Å². The molecule has 0 amide bonds.